The summed E-state index contributed by atoms with van der Waals surface area (Å²) in [5.74, 6) is 1.68. The molecule has 0 atom stereocenters. The van der Waals surface area contributed by atoms with Gasteiger partial charge in [0.2, 0.25) is 0 Å². The lowest BCUT2D eigenvalue weighted by molar-refractivity contribution is 0.466. The monoisotopic (exact) mass is 332 g/mol. The van der Waals surface area contributed by atoms with Crippen LogP contribution in [0.5, 0.6) is 11.5 Å². The van der Waals surface area contributed by atoms with Crippen LogP contribution in [0.15, 0.2) is 41.1 Å². The van der Waals surface area contributed by atoms with Gasteiger partial charge < -0.3 is 10.1 Å². The van der Waals surface area contributed by atoms with Crippen LogP contribution in [-0.2, 0) is 6.54 Å². The van der Waals surface area contributed by atoms with E-state index in [1.54, 1.807) is 6.20 Å². The first kappa shape index (κ1) is 13.6. The van der Waals surface area contributed by atoms with Crippen molar-refractivity contribution in [1.82, 2.24) is 10.3 Å². The first-order chi connectivity index (χ1) is 9.72. The van der Waals surface area contributed by atoms with Crippen LogP contribution in [-0.4, -0.2) is 11.0 Å². The number of aryl methyl sites for hydroxylation is 1. The number of nitrogens with zero attached hydrogens (tertiary/aromatic N) is 1. The number of hydrogen-bond donors (Lipinski definition) is 1. The highest BCUT2D eigenvalue weighted by Crippen LogP contribution is 2.30. The first-order valence-electron chi connectivity index (χ1n) is 6.82. The van der Waals surface area contributed by atoms with Crippen LogP contribution in [0.2, 0.25) is 0 Å². The van der Waals surface area contributed by atoms with E-state index in [0.29, 0.717) is 6.04 Å². The van der Waals surface area contributed by atoms with Gasteiger partial charge in [-0.15, -0.1) is 0 Å². The molecule has 0 unspecified atom stereocenters. The minimum Gasteiger partial charge on any atom is -0.455 e. The topological polar surface area (TPSA) is 34.1 Å². The fourth-order valence-corrected chi connectivity index (χ4v) is 2.33. The molecule has 1 saturated carbocycles. The van der Waals surface area contributed by atoms with Gasteiger partial charge in [-0.25, -0.2) is 0 Å². The van der Waals surface area contributed by atoms with Crippen molar-refractivity contribution in [3.63, 3.8) is 0 Å². The zero-order chi connectivity index (χ0) is 13.9. The smallest absolute Gasteiger partial charge is 0.150 e. The van der Waals surface area contributed by atoms with Crippen LogP contribution in [0.25, 0.3) is 0 Å². The van der Waals surface area contributed by atoms with Crippen molar-refractivity contribution in [1.29, 1.82) is 0 Å². The maximum atomic E-state index is 6.04. The molecule has 1 fully saturated rings. The maximum absolute atomic E-state index is 6.04. The molecule has 4 heteroatoms. The fourth-order valence-electron chi connectivity index (χ4n) is 1.99. The Labute approximate surface area is 127 Å². The zero-order valence-electron chi connectivity index (χ0n) is 11.4. The molecule has 2 aromatic rings. The van der Waals surface area contributed by atoms with Crippen molar-refractivity contribution >= 4 is 15.9 Å². The molecular formula is C16H17BrN2O. The third kappa shape index (κ3) is 3.38. The molecule has 1 aliphatic rings. The average molecular weight is 333 g/mol. The number of pyridine rings is 1. The molecule has 1 aromatic heterocycles. The minimum atomic E-state index is 0.684. The predicted octanol–water partition coefficient (Wildman–Crippen LogP) is 4.20. The Morgan fingerprint density at radius 3 is 2.95 bits per heavy atom. The van der Waals surface area contributed by atoms with Crippen LogP contribution in [0.4, 0.5) is 0 Å². The fraction of sp³-hybridized carbons (Fsp3) is 0.312. The Hall–Kier alpha value is -1.39. The summed E-state index contributed by atoms with van der Waals surface area (Å²) in [5, 5.41) is 3.51. The van der Waals surface area contributed by atoms with Crippen LogP contribution in [0.1, 0.15) is 24.0 Å². The van der Waals surface area contributed by atoms with Crippen molar-refractivity contribution in [2.75, 3.05) is 0 Å². The molecule has 0 amide bonds. The number of halogens is 1. The third-order valence-electron chi connectivity index (χ3n) is 3.40. The summed E-state index contributed by atoms with van der Waals surface area (Å²) < 4.78 is 7.05. The second kappa shape index (κ2) is 5.94. The number of nitrogens with one attached hydrogen (secondary N) is 1. The summed E-state index contributed by atoms with van der Waals surface area (Å²) >= 11 is 3.48. The summed E-state index contributed by atoms with van der Waals surface area (Å²) in [6, 6.07) is 8.74. The van der Waals surface area contributed by atoms with Gasteiger partial charge in [-0.1, -0.05) is 22.0 Å². The summed E-state index contributed by atoms with van der Waals surface area (Å²) in [4.78, 5) is 4.17. The first-order valence-corrected chi connectivity index (χ1v) is 7.62. The van der Waals surface area contributed by atoms with Gasteiger partial charge in [0.15, 0.2) is 0 Å². The van der Waals surface area contributed by atoms with Crippen LogP contribution < -0.4 is 10.1 Å². The Kier molecular flexibility index (Phi) is 4.03. The van der Waals surface area contributed by atoms with Gasteiger partial charge in [-0.3, -0.25) is 4.98 Å². The largest absolute Gasteiger partial charge is 0.455 e. The Bertz CT molecular complexity index is 611. The maximum Gasteiger partial charge on any atom is 0.150 e. The van der Waals surface area contributed by atoms with Gasteiger partial charge in [-0.05, 0) is 43.5 Å². The lowest BCUT2D eigenvalue weighted by Gasteiger charge is -2.13. The normalized spacial score (nSPS) is 14.3. The number of benzene rings is 1. The molecule has 0 radical (unpaired) electrons. The number of aromatic nitrogens is 1. The molecule has 1 heterocycles. The highest BCUT2D eigenvalue weighted by molar-refractivity contribution is 9.10. The van der Waals surface area contributed by atoms with E-state index in [1.165, 1.54) is 12.8 Å². The second-order valence-corrected chi connectivity index (χ2v) is 6.07. The third-order valence-corrected chi connectivity index (χ3v) is 3.89. The number of ether oxygens (including phenoxy) is 1. The lowest BCUT2D eigenvalue weighted by Crippen LogP contribution is -2.15. The van der Waals surface area contributed by atoms with Gasteiger partial charge in [0, 0.05) is 28.8 Å². The molecule has 104 valence electrons. The molecule has 1 aliphatic carbocycles. The van der Waals surface area contributed by atoms with E-state index in [1.807, 2.05) is 37.4 Å². The number of hydrogen-bond acceptors (Lipinski definition) is 3. The highest BCUT2D eigenvalue weighted by Gasteiger charge is 2.20. The van der Waals surface area contributed by atoms with E-state index in [-0.39, 0.29) is 0 Å². The molecule has 3 rings (SSSR count). The van der Waals surface area contributed by atoms with Crippen LogP contribution >= 0.6 is 15.9 Å². The van der Waals surface area contributed by atoms with Gasteiger partial charge >= 0.3 is 0 Å². The van der Waals surface area contributed by atoms with Crippen molar-refractivity contribution in [2.24, 2.45) is 0 Å². The molecule has 0 spiro atoms. The quantitative estimate of drug-likeness (QED) is 0.891. The molecule has 20 heavy (non-hydrogen) atoms. The molecule has 0 aliphatic heterocycles. The summed E-state index contributed by atoms with van der Waals surface area (Å²) in [5.41, 5.74) is 2.25. The van der Waals surface area contributed by atoms with E-state index >= 15 is 0 Å². The van der Waals surface area contributed by atoms with E-state index < -0.39 is 0 Å². The molecule has 1 N–H and O–H groups in total. The van der Waals surface area contributed by atoms with E-state index in [9.17, 15) is 0 Å². The molecule has 1 aromatic carbocycles. The van der Waals surface area contributed by atoms with Crippen molar-refractivity contribution in [3.8, 4) is 11.5 Å². The lowest BCUT2D eigenvalue weighted by atomic mass is 10.2. The van der Waals surface area contributed by atoms with E-state index in [0.717, 1.165) is 33.6 Å². The molecule has 0 bridgehead atoms. The van der Waals surface area contributed by atoms with E-state index in [2.05, 4.69) is 26.2 Å². The summed E-state index contributed by atoms with van der Waals surface area (Å²) in [6.45, 7) is 2.87. The molecular weight excluding hydrogens is 316 g/mol. The second-order valence-electron chi connectivity index (χ2n) is 5.15. The van der Waals surface area contributed by atoms with Gasteiger partial charge in [-0.2, -0.15) is 0 Å². The number of rotatable bonds is 5. The average Bonchev–Trinajstić information content (AvgIpc) is 3.26. The predicted molar refractivity (Wildman–Crippen MR) is 83.1 cm³/mol. The van der Waals surface area contributed by atoms with E-state index in [4.69, 9.17) is 4.74 Å². The SMILES string of the molecule is Cc1ccc(Br)cc1Oc1cnccc1CNC1CC1. The Morgan fingerprint density at radius 1 is 1.30 bits per heavy atom. The van der Waals surface area contributed by atoms with Crippen molar-refractivity contribution < 1.29 is 4.74 Å². The molecule has 0 saturated heterocycles. The summed E-state index contributed by atoms with van der Waals surface area (Å²) in [7, 11) is 0. The highest BCUT2D eigenvalue weighted by atomic mass is 79.9. The van der Waals surface area contributed by atoms with Gasteiger partial charge in [0.1, 0.15) is 11.5 Å². The Morgan fingerprint density at radius 2 is 2.15 bits per heavy atom. The van der Waals surface area contributed by atoms with Crippen LogP contribution in [0.3, 0.4) is 0 Å². The standard InChI is InChI=1S/C16H17BrN2O/c1-11-2-3-13(17)8-15(11)20-16-10-18-7-6-12(16)9-19-14-4-5-14/h2-3,6-8,10,14,19H,4-5,9H2,1H3. The zero-order valence-corrected chi connectivity index (χ0v) is 13.0. The van der Waals surface area contributed by atoms with Crippen molar-refractivity contribution in [2.45, 2.75) is 32.4 Å². The molecule has 3 nitrogen and oxygen atoms in total. The van der Waals surface area contributed by atoms with Crippen molar-refractivity contribution in [3.05, 3.63) is 52.3 Å². The Balaban J connectivity index is 1.80. The van der Waals surface area contributed by atoms with Gasteiger partial charge in [0.05, 0.1) is 6.20 Å². The summed E-state index contributed by atoms with van der Waals surface area (Å²) in [6.07, 6.45) is 6.16. The van der Waals surface area contributed by atoms with Gasteiger partial charge in [0.25, 0.3) is 0 Å². The minimum absolute atomic E-state index is 0.684. The van der Waals surface area contributed by atoms with Crippen LogP contribution in [0, 0.1) is 6.92 Å².